The first-order chi connectivity index (χ1) is 11.2. The third kappa shape index (κ3) is 4.41. The zero-order valence-corrected chi connectivity index (χ0v) is 15.0. The maximum Gasteiger partial charge on any atom is 0.224 e. The Morgan fingerprint density at radius 3 is 2.79 bits per heavy atom. The van der Waals surface area contributed by atoms with Gasteiger partial charge in [-0.25, -0.2) is 0 Å². The Kier molecular flexibility index (Phi) is 6.49. The molecule has 1 heterocycles. The molecule has 2 aromatic carbocycles. The molecule has 1 aliphatic rings. The predicted molar refractivity (Wildman–Crippen MR) is 97.8 cm³/mol. The van der Waals surface area contributed by atoms with Gasteiger partial charge in [0.05, 0.1) is 13.5 Å². The van der Waals surface area contributed by atoms with Crippen molar-refractivity contribution in [2.75, 3.05) is 7.11 Å². The number of fused-ring (bicyclic) bond motifs is 1. The molecule has 128 valence electrons. The fraction of sp³-hybridized carbons (Fsp3) is 0.278. The lowest BCUT2D eigenvalue weighted by molar-refractivity contribution is -0.120. The number of carbonyl (C=O) groups excluding carboxylic acids is 1. The molecule has 1 aliphatic heterocycles. The molecule has 24 heavy (non-hydrogen) atoms. The number of rotatable bonds is 5. The first-order valence-electron chi connectivity index (χ1n) is 7.56. The van der Waals surface area contributed by atoms with Gasteiger partial charge in [-0.05, 0) is 34.9 Å². The largest absolute Gasteiger partial charge is 0.496 e. The predicted octanol–water partition coefficient (Wildman–Crippen LogP) is 3.23. The molecule has 1 amide bonds. The SMILES string of the molecule is COc1ccc(Cl)cc1CC(=O)NCc1ccc2c(c1)CNC2.Cl. The second kappa shape index (κ2) is 8.38. The van der Waals surface area contributed by atoms with Crippen LogP contribution in [0.2, 0.25) is 5.02 Å². The molecule has 0 atom stereocenters. The van der Waals surface area contributed by atoms with Gasteiger partial charge in [-0.1, -0.05) is 29.8 Å². The molecule has 0 bridgehead atoms. The molecule has 0 radical (unpaired) electrons. The summed E-state index contributed by atoms with van der Waals surface area (Å²) in [6.07, 6.45) is 0.246. The molecule has 0 fully saturated rings. The molecule has 0 spiro atoms. The summed E-state index contributed by atoms with van der Waals surface area (Å²) in [6.45, 7) is 2.35. The van der Waals surface area contributed by atoms with Crippen molar-refractivity contribution in [3.8, 4) is 5.75 Å². The first-order valence-corrected chi connectivity index (χ1v) is 7.94. The molecular formula is C18H20Cl2N2O2. The Bertz CT molecular complexity index is 735. The van der Waals surface area contributed by atoms with Crippen molar-refractivity contribution in [3.05, 3.63) is 63.7 Å². The Balaban J connectivity index is 0.00000208. The summed E-state index contributed by atoms with van der Waals surface area (Å²) in [7, 11) is 1.59. The molecule has 0 aliphatic carbocycles. The number of carbonyl (C=O) groups is 1. The Morgan fingerprint density at radius 1 is 1.21 bits per heavy atom. The van der Waals surface area contributed by atoms with Crippen LogP contribution >= 0.6 is 24.0 Å². The summed E-state index contributed by atoms with van der Waals surface area (Å²) in [5, 5.41) is 6.87. The van der Waals surface area contributed by atoms with Crippen LogP contribution in [0.5, 0.6) is 5.75 Å². The van der Waals surface area contributed by atoms with Crippen LogP contribution in [0.4, 0.5) is 0 Å². The topological polar surface area (TPSA) is 50.4 Å². The number of methoxy groups -OCH3 is 1. The van der Waals surface area contributed by atoms with E-state index in [9.17, 15) is 4.79 Å². The molecule has 0 saturated heterocycles. The molecule has 2 N–H and O–H groups in total. The Morgan fingerprint density at radius 2 is 2.00 bits per heavy atom. The maximum absolute atomic E-state index is 12.2. The third-order valence-electron chi connectivity index (χ3n) is 3.98. The number of nitrogens with one attached hydrogen (secondary N) is 2. The van der Waals surface area contributed by atoms with Crippen LogP contribution in [-0.4, -0.2) is 13.0 Å². The second-order valence-electron chi connectivity index (χ2n) is 5.62. The van der Waals surface area contributed by atoms with Gasteiger partial charge in [0, 0.05) is 30.2 Å². The average molecular weight is 367 g/mol. The lowest BCUT2D eigenvalue weighted by atomic mass is 10.1. The highest BCUT2D eigenvalue weighted by atomic mass is 35.5. The van der Waals surface area contributed by atoms with Crippen molar-refractivity contribution in [3.63, 3.8) is 0 Å². The summed E-state index contributed by atoms with van der Waals surface area (Å²) in [5.74, 6) is 0.623. The Hall–Kier alpha value is -1.75. The molecule has 3 rings (SSSR count). The number of halogens is 2. The molecular weight excluding hydrogens is 347 g/mol. The molecule has 4 nitrogen and oxygen atoms in total. The second-order valence-corrected chi connectivity index (χ2v) is 6.05. The average Bonchev–Trinajstić information content (AvgIpc) is 3.01. The highest BCUT2D eigenvalue weighted by Gasteiger charge is 2.12. The van der Waals surface area contributed by atoms with E-state index in [1.807, 2.05) is 0 Å². The van der Waals surface area contributed by atoms with E-state index < -0.39 is 0 Å². The van der Waals surface area contributed by atoms with Crippen LogP contribution < -0.4 is 15.4 Å². The van der Waals surface area contributed by atoms with Crippen molar-refractivity contribution in [2.24, 2.45) is 0 Å². The summed E-state index contributed by atoms with van der Waals surface area (Å²) in [4.78, 5) is 12.2. The fourth-order valence-corrected chi connectivity index (χ4v) is 2.97. The van der Waals surface area contributed by atoms with Crippen molar-refractivity contribution in [1.29, 1.82) is 0 Å². The Labute approximate surface area is 153 Å². The third-order valence-corrected chi connectivity index (χ3v) is 4.22. The summed E-state index contributed by atoms with van der Waals surface area (Å²) in [6, 6.07) is 11.6. The lowest BCUT2D eigenvalue weighted by Crippen LogP contribution is -2.24. The number of benzene rings is 2. The van der Waals surface area contributed by atoms with E-state index in [4.69, 9.17) is 16.3 Å². The number of ether oxygens (including phenoxy) is 1. The lowest BCUT2D eigenvalue weighted by Gasteiger charge is -2.10. The zero-order chi connectivity index (χ0) is 16.2. The van der Waals surface area contributed by atoms with Crippen molar-refractivity contribution >= 4 is 29.9 Å². The van der Waals surface area contributed by atoms with Gasteiger partial charge < -0.3 is 15.4 Å². The number of amides is 1. The normalized spacial score (nSPS) is 12.2. The molecule has 6 heteroatoms. The monoisotopic (exact) mass is 366 g/mol. The van der Waals surface area contributed by atoms with Crippen molar-refractivity contribution < 1.29 is 9.53 Å². The van der Waals surface area contributed by atoms with E-state index in [2.05, 4.69) is 28.8 Å². The highest BCUT2D eigenvalue weighted by Crippen LogP contribution is 2.23. The fourth-order valence-electron chi connectivity index (χ4n) is 2.78. The van der Waals surface area contributed by atoms with E-state index in [-0.39, 0.29) is 24.7 Å². The molecule has 0 saturated carbocycles. The van der Waals surface area contributed by atoms with Crippen LogP contribution in [0.25, 0.3) is 0 Å². The van der Waals surface area contributed by atoms with Crippen LogP contribution in [0, 0.1) is 0 Å². The minimum Gasteiger partial charge on any atom is -0.496 e. The van der Waals surface area contributed by atoms with Gasteiger partial charge in [0.1, 0.15) is 5.75 Å². The van der Waals surface area contributed by atoms with Crippen molar-refractivity contribution in [2.45, 2.75) is 26.1 Å². The smallest absolute Gasteiger partial charge is 0.224 e. The standard InChI is InChI=1S/C18H19ClN2O2.ClH/c1-23-17-5-4-16(19)7-14(17)8-18(22)21-9-12-2-3-13-10-20-11-15(13)6-12;/h2-7,20H,8-11H2,1H3,(H,21,22);1H. The van der Waals surface area contributed by atoms with Crippen LogP contribution in [-0.2, 0) is 30.8 Å². The maximum atomic E-state index is 12.2. The van der Waals surface area contributed by atoms with Crippen LogP contribution in [0.1, 0.15) is 22.3 Å². The summed E-state index contributed by atoms with van der Waals surface area (Å²) >= 11 is 5.99. The molecule has 0 unspecified atom stereocenters. The first kappa shape index (κ1) is 18.6. The van der Waals surface area contributed by atoms with E-state index in [0.717, 1.165) is 24.2 Å². The van der Waals surface area contributed by atoms with E-state index in [1.54, 1.807) is 25.3 Å². The van der Waals surface area contributed by atoms with Gasteiger partial charge in [0.2, 0.25) is 5.91 Å². The van der Waals surface area contributed by atoms with Gasteiger partial charge in [-0.3, -0.25) is 4.79 Å². The zero-order valence-electron chi connectivity index (χ0n) is 13.4. The summed E-state index contributed by atoms with van der Waals surface area (Å²) < 4.78 is 5.27. The van der Waals surface area contributed by atoms with Crippen LogP contribution in [0.3, 0.4) is 0 Å². The highest BCUT2D eigenvalue weighted by molar-refractivity contribution is 6.30. The van der Waals surface area contributed by atoms with Gasteiger partial charge >= 0.3 is 0 Å². The van der Waals surface area contributed by atoms with E-state index in [1.165, 1.54) is 11.1 Å². The number of hydrogen-bond donors (Lipinski definition) is 2. The van der Waals surface area contributed by atoms with Crippen molar-refractivity contribution in [1.82, 2.24) is 10.6 Å². The van der Waals surface area contributed by atoms with Gasteiger partial charge in [-0.15, -0.1) is 12.4 Å². The van der Waals surface area contributed by atoms with Gasteiger partial charge in [0.15, 0.2) is 0 Å². The molecule has 0 aromatic heterocycles. The van der Waals surface area contributed by atoms with Gasteiger partial charge in [-0.2, -0.15) is 0 Å². The summed E-state index contributed by atoms with van der Waals surface area (Å²) in [5.41, 5.74) is 4.55. The minimum absolute atomic E-state index is 0. The van der Waals surface area contributed by atoms with Gasteiger partial charge in [0.25, 0.3) is 0 Å². The minimum atomic E-state index is -0.0517. The van der Waals surface area contributed by atoms with Crippen LogP contribution in [0.15, 0.2) is 36.4 Å². The van der Waals surface area contributed by atoms with E-state index in [0.29, 0.717) is 17.3 Å². The quantitative estimate of drug-likeness (QED) is 0.853. The molecule has 2 aromatic rings. The number of hydrogen-bond acceptors (Lipinski definition) is 3. The van der Waals surface area contributed by atoms with E-state index >= 15 is 0 Å².